The van der Waals surface area contributed by atoms with Gasteiger partial charge in [0.05, 0.1) is 44.7 Å². The van der Waals surface area contributed by atoms with E-state index in [0.717, 1.165) is 13.0 Å². The number of aromatic hydroxyl groups is 1. The van der Waals surface area contributed by atoms with Gasteiger partial charge in [-0.05, 0) is 25.1 Å². The summed E-state index contributed by atoms with van der Waals surface area (Å²) in [6, 6.07) is 4.66. The number of ether oxygens (including phenoxy) is 9. The third-order valence-electron chi connectivity index (χ3n) is 9.85. The number of methoxy groups -OCH3 is 1. The fraction of sp³-hybridized carbons (Fsp3) is 0.636. The summed E-state index contributed by atoms with van der Waals surface area (Å²) >= 11 is 0. The second-order valence-corrected chi connectivity index (χ2v) is 12.9. The maximum atomic E-state index is 13.0. The number of carbonyl (C=O) groups is 2. The number of aliphatic hydroxyl groups excluding tert-OH is 6. The Balaban J connectivity index is 1.21. The SMILES string of the molecule is COc1cccc(C=CC(=O)OC2C(O)C(C)OC(OC3C4C=COC(OC5OC(CO)C(O)C(O)C5O)C4C4(CO)OC34)C2OC(C)=O)c1O. The van der Waals surface area contributed by atoms with Crippen molar-refractivity contribution in [3.8, 4) is 11.5 Å². The van der Waals surface area contributed by atoms with Gasteiger partial charge < -0.3 is 78.4 Å². The van der Waals surface area contributed by atoms with Crippen molar-refractivity contribution in [3.63, 3.8) is 0 Å². The second-order valence-electron chi connectivity index (χ2n) is 12.9. The van der Waals surface area contributed by atoms with Crippen LogP contribution in [0.3, 0.4) is 0 Å². The first-order valence-corrected chi connectivity index (χ1v) is 16.3. The minimum atomic E-state index is -1.73. The Hall–Kier alpha value is -3.40. The average molecular weight is 727 g/mol. The van der Waals surface area contributed by atoms with Gasteiger partial charge in [-0.15, -0.1) is 0 Å². The smallest absolute Gasteiger partial charge is 0.331 e. The summed E-state index contributed by atoms with van der Waals surface area (Å²) in [7, 11) is 1.37. The fourth-order valence-electron chi connectivity index (χ4n) is 7.18. The Morgan fingerprint density at radius 3 is 2.37 bits per heavy atom. The van der Waals surface area contributed by atoms with Gasteiger partial charge in [0.15, 0.2) is 36.3 Å². The molecule has 18 nitrogen and oxygen atoms in total. The van der Waals surface area contributed by atoms with E-state index in [-0.39, 0.29) is 17.1 Å². The van der Waals surface area contributed by atoms with Crippen LogP contribution in [-0.4, -0.2) is 154 Å². The molecule has 1 aromatic carbocycles. The number of phenols is 1. The van der Waals surface area contributed by atoms with Crippen molar-refractivity contribution in [2.75, 3.05) is 20.3 Å². The number of carbonyl (C=O) groups excluding carboxylic acids is 2. The Labute approximate surface area is 291 Å². The van der Waals surface area contributed by atoms with Crippen molar-refractivity contribution in [3.05, 3.63) is 42.2 Å². The van der Waals surface area contributed by atoms with Gasteiger partial charge in [-0.1, -0.05) is 12.1 Å². The molecule has 1 aromatic rings. The van der Waals surface area contributed by atoms with Crippen LogP contribution >= 0.6 is 0 Å². The van der Waals surface area contributed by atoms with Crippen LogP contribution in [0.4, 0.5) is 0 Å². The standard InChI is InChI=1S/C33H42O18/c1-13-21(38)27(48-19(37)8-7-15-5-4-6-17(43-3)22(15)39)28(46-14(2)36)32(45-13)49-26-16-9-10-44-30(20(16)33(12-35)29(26)51-33)50-31-25(42)24(41)23(40)18(11-34)47-31/h4-10,13,16,18,20-21,23-32,34-35,38-42H,11-12H2,1-3H3. The Bertz CT molecular complexity index is 1480. The largest absolute Gasteiger partial charge is 0.504 e. The molecule has 5 aliphatic rings. The maximum Gasteiger partial charge on any atom is 0.331 e. The average Bonchev–Trinajstić information content (AvgIpc) is 3.78. The normalized spacial score (nSPS) is 42.8. The number of phenolic OH excluding ortho intramolecular Hbond substituents is 1. The number of esters is 2. The molecule has 51 heavy (non-hydrogen) atoms. The van der Waals surface area contributed by atoms with Gasteiger partial charge >= 0.3 is 11.9 Å². The molecule has 7 N–H and O–H groups in total. The first-order chi connectivity index (χ1) is 24.3. The van der Waals surface area contributed by atoms with Crippen molar-refractivity contribution in [2.24, 2.45) is 11.8 Å². The van der Waals surface area contributed by atoms with Crippen LogP contribution in [0.5, 0.6) is 11.5 Å². The van der Waals surface area contributed by atoms with Crippen LogP contribution in [0, 0.1) is 11.8 Å². The van der Waals surface area contributed by atoms with E-state index >= 15 is 0 Å². The van der Waals surface area contributed by atoms with Crippen molar-refractivity contribution in [2.45, 2.75) is 99.4 Å². The van der Waals surface area contributed by atoms with Gasteiger partial charge in [0.2, 0.25) is 6.29 Å². The zero-order valence-corrected chi connectivity index (χ0v) is 27.7. The molecule has 4 heterocycles. The van der Waals surface area contributed by atoms with Crippen LogP contribution in [0.25, 0.3) is 6.08 Å². The summed E-state index contributed by atoms with van der Waals surface area (Å²) in [6.07, 6.45) is -12.4. The second kappa shape index (κ2) is 14.9. The van der Waals surface area contributed by atoms with E-state index in [1.807, 2.05) is 0 Å². The zero-order valence-electron chi connectivity index (χ0n) is 27.7. The summed E-state index contributed by atoms with van der Waals surface area (Å²) in [5.41, 5.74) is -1.03. The fourth-order valence-corrected chi connectivity index (χ4v) is 7.18. The van der Waals surface area contributed by atoms with Gasteiger partial charge in [-0.2, -0.15) is 0 Å². The summed E-state index contributed by atoms with van der Waals surface area (Å²) < 4.78 is 51.6. The highest BCUT2D eigenvalue weighted by Gasteiger charge is 2.77. The van der Waals surface area contributed by atoms with Crippen molar-refractivity contribution in [1.29, 1.82) is 0 Å². The summed E-state index contributed by atoms with van der Waals surface area (Å²) in [5, 5.41) is 72.5. The topological polar surface area (TPSA) is 262 Å². The number of fused-ring (bicyclic) bond motifs is 3. The molecule has 16 unspecified atom stereocenters. The molecule has 0 spiro atoms. The van der Waals surface area contributed by atoms with Gasteiger partial charge in [0, 0.05) is 24.5 Å². The lowest BCUT2D eigenvalue weighted by atomic mass is 9.85. The van der Waals surface area contributed by atoms with E-state index in [2.05, 4.69) is 0 Å². The molecule has 3 saturated heterocycles. The van der Waals surface area contributed by atoms with E-state index < -0.39 is 122 Å². The first-order valence-electron chi connectivity index (χ1n) is 16.3. The van der Waals surface area contributed by atoms with Crippen molar-refractivity contribution in [1.82, 2.24) is 0 Å². The third kappa shape index (κ3) is 6.94. The number of hydrogen-bond acceptors (Lipinski definition) is 18. The number of rotatable bonds is 11. The third-order valence-corrected chi connectivity index (χ3v) is 9.85. The first kappa shape index (κ1) is 37.4. The van der Waals surface area contributed by atoms with E-state index in [1.54, 1.807) is 12.1 Å². The van der Waals surface area contributed by atoms with Gasteiger partial charge in [0.25, 0.3) is 0 Å². The number of hydrogen-bond donors (Lipinski definition) is 7. The summed E-state index contributed by atoms with van der Waals surface area (Å²) in [4.78, 5) is 25.3. The molecule has 282 valence electrons. The molecule has 1 aliphatic carbocycles. The van der Waals surface area contributed by atoms with Crippen LogP contribution in [0.2, 0.25) is 0 Å². The molecule has 18 heteroatoms. The molecular formula is C33H42O18. The Morgan fingerprint density at radius 1 is 0.922 bits per heavy atom. The lowest BCUT2D eigenvalue weighted by Gasteiger charge is -2.44. The molecule has 6 rings (SSSR count). The van der Waals surface area contributed by atoms with Crippen molar-refractivity contribution >= 4 is 18.0 Å². The van der Waals surface area contributed by atoms with Gasteiger partial charge in [-0.3, -0.25) is 4.79 Å². The lowest BCUT2D eigenvalue weighted by molar-refractivity contribution is -0.347. The summed E-state index contributed by atoms with van der Waals surface area (Å²) in [6.45, 7) is 1.41. The highest BCUT2D eigenvalue weighted by molar-refractivity contribution is 5.88. The number of epoxide rings is 1. The minimum Gasteiger partial charge on any atom is -0.504 e. The van der Waals surface area contributed by atoms with E-state index in [9.17, 15) is 45.3 Å². The number of aliphatic hydroxyl groups is 6. The quantitative estimate of drug-likeness (QED) is 0.0726. The van der Waals surface area contributed by atoms with Crippen LogP contribution < -0.4 is 4.74 Å². The molecular weight excluding hydrogens is 684 g/mol. The van der Waals surface area contributed by atoms with Crippen LogP contribution in [0.1, 0.15) is 19.4 Å². The molecule has 1 saturated carbocycles. The summed E-state index contributed by atoms with van der Waals surface area (Å²) in [5.74, 6) is -3.21. The monoisotopic (exact) mass is 726 g/mol. The minimum absolute atomic E-state index is 0.180. The molecule has 4 fully saturated rings. The molecule has 4 aliphatic heterocycles. The maximum absolute atomic E-state index is 13.0. The Morgan fingerprint density at radius 2 is 1.69 bits per heavy atom. The Kier molecular flexibility index (Phi) is 10.9. The molecule has 0 radical (unpaired) electrons. The number of benzene rings is 1. The van der Waals surface area contributed by atoms with Crippen LogP contribution in [-0.2, 0) is 47.5 Å². The van der Waals surface area contributed by atoms with Crippen LogP contribution in [0.15, 0.2) is 36.6 Å². The highest BCUT2D eigenvalue weighted by atomic mass is 16.8. The van der Waals surface area contributed by atoms with Gasteiger partial charge in [0.1, 0.15) is 42.2 Å². The van der Waals surface area contributed by atoms with E-state index in [4.69, 9.17) is 42.6 Å². The predicted octanol–water partition coefficient (Wildman–Crippen LogP) is -2.19. The van der Waals surface area contributed by atoms with E-state index in [1.165, 1.54) is 38.5 Å². The number of para-hydroxylation sites is 1. The predicted molar refractivity (Wildman–Crippen MR) is 165 cm³/mol. The lowest BCUT2D eigenvalue weighted by Crippen LogP contribution is -2.61. The molecule has 0 aromatic heterocycles. The highest BCUT2D eigenvalue weighted by Crippen LogP contribution is 2.61. The van der Waals surface area contributed by atoms with Crippen molar-refractivity contribution < 1.29 is 88.0 Å². The van der Waals surface area contributed by atoms with E-state index in [0.29, 0.717) is 0 Å². The van der Waals surface area contributed by atoms with Gasteiger partial charge in [-0.25, -0.2) is 4.79 Å². The molecule has 0 bridgehead atoms. The molecule has 0 amide bonds. The zero-order chi connectivity index (χ0) is 36.8. The molecule has 16 atom stereocenters.